The van der Waals surface area contributed by atoms with E-state index in [4.69, 9.17) is 0 Å². The van der Waals surface area contributed by atoms with Crippen LogP contribution in [0.1, 0.15) is 22.5 Å². The van der Waals surface area contributed by atoms with Crippen LogP contribution in [0, 0.1) is 32.1 Å². The second-order valence-electron chi connectivity index (χ2n) is 4.13. The molecule has 2 rings (SSSR count). The van der Waals surface area contributed by atoms with Crippen LogP contribution >= 0.6 is 27.7 Å². The van der Waals surface area contributed by atoms with E-state index in [1.807, 2.05) is 39.0 Å². The van der Waals surface area contributed by atoms with Crippen LogP contribution in [-0.2, 0) is 0 Å². The van der Waals surface area contributed by atoms with Crippen molar-refractivity contribution < 1.29 is 0 Å². The van der Waals surface area contributed by atoms with Gasteiger partial charge in [0.2, 0.25) is 0 Å². The summed E-state index contributed by atoms with van der Waals surface area (Å²) in [7, 11) is 0. The van der Waals surface area contributed by atoms with Gasteiger partial charge in [-0.15, -0.1) is 0 Å². The number of halogens is 1. The van der Waals surface area contributed by atoms with Gasteiger partial charge in [-0.3, -0.25) is 0 Å². The number of aromatic nitrogens is 2. The average Bonchev–Trinajstić information content (AvgIpc) is 2.36. The fourth-order valence-electron chi connectivity index (χ4n) is 1.58. The zero-order valence-electron chi connectivity index (χ0n) is 10.9. The third kappa shape index (κ3) is 2.96. The van der Waals surface area contributed by atoms with Gasteiger partial charge in [-0.05, 0) is 66.2 Å². The minimum Gasteiger partial charge on any atom is -0.227 e. The van der Waals surface area contributed by atoms with Gasteiger partial charge >= 0.3 is 0 Å². The van der Waals surface area contributed by atoms with E-state index < -0.39 is 0 Å². The highest BCUT2D eigenvalue weighted by atomic mass is 79.9. The molecule has 5 heteroatoms. The predicted molar refractivity (Wildman–Crippen MR) is 79.2 cm³/mol. The highest BCUT2D eigenvalue weighted by Crippen LogP contribution is 2.32. The monoisotopic (exact) mass is 333 g/mol. The van der Waals surface area contributed by atoms with Gasteiger partial charge in [-0.1, -0.05) is 6.07 Å². The molecule has 1 aromatic carbocycles. The molecule has 0 bridgehead atoms. The summed E-state index contributed by atoms with van der Waals surface area (Å²) in [6, 6.07) is 7.87. The summed E-state index contributed by atoms with van der Waals surface area (Å²) in [4.78, 5) is 9.78. The van der Waals surface area contributed by atoms with Crippen molar-refractivity contribution >= 4 is 27.7 Å². The Bertz CT molecular complexity index is 654. The van der Waals surface area contributed by atoms with Crippen LogP contribution < -0.4 is 0 Å². The zero-order chi connectivity index (χ0) is 14.0. The maximum atomic E-state index is 9.20. The van der Waals surface area contributed by atoms with Gasteiger partial charge < -0.3 is 0 Å². The van der Waals surface area contributed by atoms with Crippen LogP contribution in [0.4, 0.5) is 0 Å². The van der Waals surface area contributed by atoms with Crippen LogP contribution in [-0.4, -0.2) is 9.97 Å². The second kappa shape index (κ2) is 5.72. The molecular weight excluding hydrogens is 322 g/mol. The van der Waals surface area contributed by atoms with Gasteiger partial charge in [0.1, 0.15) is 6.07 Å². The van der Waals surface area contributed by atoms with E-state index in [0.717, 1.165) is 26.3 Å². The quantitative estimate of drug-likeness (QED) is 0.773. The number of hydrogen-bond acceptors (Lipinski definition) is 4. The summed E-state index contributed by atoms with van der Waals surface area (Å²) >= 11 is 4.80. The van der Waals surface area contributed by atoms with Crippen molar-refractivity contribution in [3.8, 4) is 6.07 Å². The lowest BCUT2D eigenvalue weighted by atomic mass is 10.2. The van der Waals surface area contributed by atoms with Crippen LogP contribution in [0.5, 0.6) is 0 Å². The van der Waals surface area contributed by atoms with Crippen molar-refractivity contribution in [2.24, 2.45) is 0 Å². The Kier molecular flexibility index (Phi) is 4.23. The normalized spacial score (nSPS) is 10.3. The van der Waals surface area contributed by atoms with Crippen LogP contribution in [0.15, 0.2) is 32.7 Å². The Morgan fingerprint density at radius 1 is 1.16 bits per heavy atom. The molecule has 0 aliphatic heterocycles. The van der Waals surface area contributed by atoms with E-state index in [-0.39, 0.29) is 0 Å². The molecule has 19 heavy (non-hydrogen) atoms. The van der Waals surface area contributed by atoms with Gasteiger partial charge in [0, 0.05) is 20.8 Å². The zero-order valence-corrected chi connectivity index (χ0v) is 13.3. The minimum atomic E-state index is 0.618. The Morgan fingerprint density at radius 2 is 1.79 bits per heavy atom. The van der Waals surface area contributed by atoms with Gasteiger partial charge in [0.25, 0.3) is 0 Å². The predicted octanol–water partition coefficient (Wildman–Crippen LogP) is 4.19. The SMILES string of the molecule is Cc1nc(Sc2cccc(Br)c2C#N)nc(C)c1C. The van der Waals surface area contributed by atoms with E-state index in [2.05, 4.69) is 32.0 Å². The molecule has 0 amide bonds. The number of nitrogens with zero attached hydrogens (tertiary/aromatic N) is 3. The first-order valence-electron chi connectivity index (χ1n) is 5.71. The van der Waals surface area contributed by atoms with Crippen molar-refractivity contribution in [2.75, 3.05) is 0 Å². The summed E-state index contributed by atoms with van der Waals surface area (Å²) in [5, 5.41) is 9.87. The number of benzene rings is 1. The lowest BCUT2D eigenvalue weighted by Crippen LogP contribution is -1.98. The first kappa shape index (κ1) is 14.0. The van der Waals surface area contributed by atoms with Crippen molar-refractivity contribution in [1.82, 2.24) is 9.97 Å². The summed E-state index contributed by atoms with van der Waals surface area (Å²) in [5.74, 6) is 0. The lowest BCUT2D eigenvalue weighted by molar-refractivity contribution is 0.881. The molecule has 1 aromatic heterocycles. The molecule has 96 valence electrons. The molecule has 3 nitrogen and oxygen atoms in total. The molecule has 1 heterocycles. The summed E-state index contributed by atoms with van der Waals surface area (Å²) in [6.07, 6.45) is 0. The first-order valence-corrected chi connectivity index (χ1v) is 7.32. The average molecular weight is 334 g/mol. The van der Waals surface area contributed by atoms with E-state index in [9.17, 15) is 5.26 Å². The maximum absolute atomic E-state index is 9.20. The highest BCUT2D eigenvalue weighted by molar-refractivity contribution is 9.10. The third-order valence-corrected chi connectivity index (χ3v) is 4.49. The number of nitriles is 1. The second-order valence-corrected chi connectivity index (χ2v) is 5.99. The Labute approximate surface area is 125 Å². The lowest BCUT2D eigenvalue weighted by Gasteiger charge is -2.08. The minimum absolute atomic E-state index is 0.618. The molecule has 0 aliphatic rings. The van der Waals surface area contributed by atoms with Crippen molar-refractivity contribution in [2.45, 2.75) is 30.8 Å². The molecule has 0 N–H and O–H groups in total. The highest BCUT2D eigenvalue weighted by Gasteiger charge is 2.11. The molecule has 0 fully saturated rings. The van der Waals surface area contributed by atoms with Crippen molar-refractivity contribution in [3.05, 3.63) is 45.2 Å². The Morgan fingerprint density at radius 3 is 2.37 bits per heavy atom. The van der Waals surface area contributed by atoms with Gasteiger partial charge in [0.05, 0.1) is 5.56 Å². The van der Waals surface area contributed by atoms with Crippen LogP contribution in [0.25, 0.3) is 0 Å². The van der Waals surface area contributed by atoms with Gasteiger partial charge in [-0.2, -0.15) is 5.26 Å². The van der Waals surface area contributed by atoms with E-state index in [1.165, 1.54) is 11.8 Å². The fraction of sp³-hybridized carbons (Fsp3) is 0.214. The summed E-state index contributed by atoms with van der Waals surface area (Å²) < 4.78 is 0.792. The number of rotatable bonds is 2. The van der Waals surface area contributed by atoms with Crippen molar-refractivity contribution in [3.63, 3.8) is 0 Å². The van der Waals surface area contributed by atoms with Crippen LogP contribution in [0.3, 0.4) is 0 Å². The van der Waals surface area contributed by atoms with Gasteiger partial charge in [-0.25, -0.2) is 9.97 Å². The van der Waals surface area contributed by atoms with Gasteiger partial charge in [0.15, 0.2) is 5.16 Å². The fourth-order valence-corrected chi connectivity index (χ4v) is 3.14. The summed E-state index contributed by atoms with van der Waals surface area (Å²) in [5.41, 5.74) is 3.68. The van der Waals surface area contributed by atoms with Crippen molar-refractivity contribution in [1.29, 1.82) is 5.26 Å². The standard InChI is InChI=1S/C14H12BrN3S/c1-8-9(2)17-14(18-10(8)3)19-13-6-4-5-12(15)11(13)7-16/h4-6H,1-3H3. The molecule has 0 aliphatic carbocycles. The molecule has 0 radical (unpaired) electrons. The molecule has 0 saturated carbocycles. The van der Waals surface area contributed by atoms with E-state index in [0.29, 0.717) is 10.7 Å². The molecule has 0 spiro atoms. The maximum Gasteiger partial charge on any atom is 0.192 e. The Balaban J connectivity index is 2.43. The van der Waals surface area contributed by atoms with E-state index in [1.54, 1.807) is 0 Å². The largest absolute Gasteiger partial charge is 0.227 e. The molecule has 2 aromatic rings. The third-order valence-electron chi connectivity index (χ3n) is 2.90. The Hall–Kier alpha value is -1.38. The van der Waals surface area contributed by atoms with E-state index >= 15 is 0 Å². The number of hydrogen-bond donors (Lipinski definition) is 0. The first-order chi connectivity index (χ1) is 9.02. The summed E-state index contributed by atoms with van der Waals surface area (Å²) in [6.45, 7) is 5.96. The number of aryl methyl sites for hydroxylation is 2. The molecule has 0 atom stereocenters. The molecule has 0 unspecified atom stereocenters. The molecular formula is C14H12BrN3S. The topological polar surface area (TPSA) is 49.6 Å². The van der Waals surface area contributed by atoms with Crippen LogP contribution in [0.2, 0.25) is 0 Å². The molecule has 0 saturated heterocycles. The smallest absolute Gasteiger partial charge is 0.192 e.